The molecule has 1 aliphatic rings. The Balaban J connectivity index is 2.31. The van der Waals surface area contributed by atoms with Crippen LogP contribution >= 0.6 is 0 Å². The van der Waals surface area contributed by atoms with E-state index in [1.807, 2.05) is 38.1 Å². The lowest BCUT2D eigenvalue weighted by atomic mass is 10.0. The predicted molar refractivity (Wildman–Crippen MR) is 77.3 cm³/mol. The minimum atomic E-state index is -0.297. The van der Waals surface area contributed by atoms with Crippen LogP contribution in [0.5, 0.6) is 5.75 Å². The van der Waals surface area contributed by atoms with Gasteiger partial charge in [0.1, 0.15) is 11.4 Å². The minimum absolute atomic E-state index is 0.0148. The van der Waals surface area contributed by atoms with Gasteiger partial charge in [0.25, 0.3) is 0 Å². The highest BCUT2D eigenvalue weighted by molar-refractivity contribution is 5.93. The molecule has 0 unspecified atom stereocenters. The Kier molecular flexibility index (Phi) is 3.16. The Morgan fingerprint density at radius 1 is 1.21 bits per heavy atom. The number of hydrogen-bond donors (Lipinski definition) is 3. The maximum atomic E-state index is 5.81. The molecule has 2 rings (SSSR count). The van der Waals surface area contributed by atoms with Gasteiger partial charge in [0.05, 0.1) is 5.69 Å². The topological polar surface area (TPSA) is 112 Å². The van der Waals surface area contributed by atoms with Gasteiger partial charge < -0.3 is 21.9 Å². The van der Waals surface area contributed by atoms with Gasteiger partial charge in [-0.05, 0) is 38.1 Å². The Hall–Kier alpha value is -2.50. The maximum absolute atomic E-state index is 5.81. The summed E-state index contributed by atoms with van der Waals surface area (Å²) >= 11 is 0. The molecular weight excluding hydrogens is 242 g/mol. The van der Waals surface area contributed by atoms with Crippen LogP contribution in [0.3, 0.4) is 0 Å². The van der Waals surface area contributed by atoms with Crippen LogP contribution < -0.4 is 21.9 Å². The molecule has 100 valence electrons. The van der Waals surface area contributed by atoms with E-state index >= 15 is 0 Å². The van der Waals surface area contributed by atoms with Crippen LogP contribution in [0.1, 0.15) is 19.4 Å². The Bertz CT molecular complexity index is 583. The molecule has 1 aromatic carbocycles. The van der Waals surface area contributed by atoms with E-state index in [2.05, 4.69) is 9.98 Å². The first-order valence-corrected chi connectivity index (χ1v) is 5.82. The van der Waals surface area contributed by atoms with E-state index in [1.165, 1.54) is 0 Å². The number of hydrogen-bond acceptors (Lipinski definition) is 2. The lowest BCUT2D eigenvalue weighted by molar-refractivity contribution is 0.159. The molecule has 6 N–H and O–H groups in total. The summed E-state index contributed by atoms with van der Waals surface area (Å²) < 4.78 is 5.81. The fourth-order valence-corrected chi connectivity index (χ4v) is 1.73. The molecule has 0 saturated carbocycles. The molecule has 1 heterocycles. The lowest BCUT2D eigenvalue weighted by Crippen LogP contribution is -2.27. The van der Waals surface area contributed by atoms with E-state index in [0.29, 0.717) is 5.69 Å². The first kappa shape index (κ1) is 12.9. The van der Waals surface area contributed by atoms with Crippen LogP contribution in [0.2, 0.25) is 0 Å². The van der Waals surface area contributed by atoms with Crippen LogP contribution in [-0.4, -0.2) is 17.5 Å². The number of benzene rings is 1. The quantitative estimate of drug-likeness (QED) is 0.517. The second-order valence-electron chi connectivity index (χ2n) is 4.77. The first-order valence-electron chi connectivity index (χ1n) is 5.82. The molecule has 0 radical (unpaired) electrons. The van der Waals surface area contributed by atoms with Gasteiger partial charge in [-0.3, -0.25) is 0 Å². The van der Waals surface area contributed by atoms with Crippen LogP contribution in [0.4, 0.5) is 5.69 Å². The molecule has 1 aromatic rings. The summed E-state index contributed by atoms with van der Waals surface area (Å²) in [5.41, 5.74) is 17.3. The summed E-state index contributed by atoms with van der Waals surface area (Å²) in [4.78, 5) is 7.76. The highest BCUT2D eigenvalue weighted by atomic mass is 16.5. The zero-order valence-corrected chi connectivity index (χ0v) is 10.9. The van der Waals surface area contributed by atoms with Crippen LogP contribution in [0.15, 0.2) is 34.3 Å². The third-order valence-corrected chi connectivity index (χ3v) is 2.52. The van der Waals surface area contributed by atoms with Gasteiger partial charge in [-0.2, -0.15) is 4.99 Å². The number of nitrogens with zero attached hydrogens (tertiary/aromatic N) is 2. The SMILES string of the molecule is CC1(C)C=Cc2cc(N=C(N)N=C(N)N)ccc2O1. The summed E-state index contributed by atoms with van der Waals surface area (Å²) in [6.45, 7) is 3.99. The van der Waals surface area contributed by atoms with E-state index in [9.17, 15) is 0 Å². The average Bonchev–Trinajstić information content (AvgIpc) is 2.27. The molecule has 0 fully saturated rings. The van der Waals surface area contributed by atoms with E-state index in [1.54, 1.807) is 6.07 Å². The molecule has 0 amide bonds. The Morgan fingerprint density at radius 2 is 1.95 bits per heavy atom. The molecule has 0 saturated heterocycles. The maximum Gasteiger partial charge on any atom is 0.223 e. The Morgan fingerprint density at radius 3 is 2.63 bits per heavy atom. The van der Waals surface area contributed by atoms with Crippen LogP contribution in [0, 0.1) is 0 Å². The molecule has 19 heavy (non-hydrogen) atoms. The predicted octanol–water partition coefficient (Wildman–Crippen LogP) is 1.09. The number of nitrogens with two attached hydrogens (primary N) is 3. The smallest absolute Gasteiger partial charge is 0.223 e. The van der Waals surface area contributed by atoms with Crippen LogP contribution in [-0.2, 0) is 0 Å². The van der Waals surface area contributed by atoms with Crippen molar-refractivity contribution in [2.45, 2.75) is 19.4 Å². The van der Waals surface area contributed by atoms with Crippen molar-refractivity contribution in [3.8, 4) is 5.75 Å². The molecule has 0 bridgehead atoms. The zero-order valence-electron chi connectivity index (χ0n) is 10.9. The van der Waals surface area contributed by atoms with Gasteiger partial charge in [0.2, 0.25) is 5.96 Å². The van der Waals surface area contributed by atoms with Crippen molar-refractivity contribution < 1.29 is 4.74 Å². The van der Waals surface area contributed by atoms with Gasteiger partial charge in [0, 0.05) is 5.56 Å². The second-order valence-corrected chi connectivity index (χ2v) is 4.77. The molecule has 0 aliphatic carbocycles. The largest absolute Gasteiger partial charge is 0.483 e. The monoisotopic (exact) mass is 259 g/mol. The number of aliphatic imine (C=N–C) groups is 2. The molecular formula is C13H17N5O. The summed E-state index contributed by atoms with van der Waals surface area (Å²) in [6.07, 6.45) is 3.98. The summed E-state index contributed by atoms with van der Waals surface area (Å²) in [5.74, 6) is 0.706. The van der Waals surface area contributed by atoms with Gasteiger partial charge in [0.15, 0.2) is 5.96 Å². The number of guanidine groups is 2. The second kappa shape index (κ2) is 4.64. The molecule has 0 aromatic heterocycles. The fourth-order valence-electron chi connectivity index (χ4n) is 1.73. The highest BCUT2D eigenvalue weighted by Crippen LogP contribution is 2.33. The third-order valence-electron chi connectivity index (χ3n) is 2.52. The third kappa shape index (κ3) is 3.25. The van der Waals surface area contributed by atoms with Crippen LogP contribution in [0.25, 0.3) is 6.08 Å². The van der Waals surface area contributed by atoms with Crippen molar-refractivity contribution in [1.82, 2.24) is 0 Å². The van der Waals surface area contributed by atoms with Gasteiger partial charge in [-0.25, -0.2) is 4.99 Å². The van der Waals surface area contributed by atoms with E-state index in [0.717, 1.165) is 11.3 Å². The van der Waals surface area contributed by atoms with Crippen molar-refractivity contribution in [2.75, 3.05) is 0 Å². The minimum Gasteiger partial charge on any atom is -0.483 e. The number of rotatable bonds is 1. The van der Waals surface area contributed by atoms with Gasteiger partial charge >= 0.3 is 0 Å². The lowest BCUT2D eigenvalue weighted by Gasteiger charge is -2.27. The zero-order chi connectivity index (χ0) is 14.0. The molecule has 1 aliphatic heterocycles. The molecule has 6 heteroatoms. The standard InChI is InChI=1S/C13H17N5O/c1-13(2)6-5-8-7-9(3-4-10(8)19-13)17-12(16)18-11(14)15/h3-7H,1-2H3,(H6,14,15,16,17,18). The van der Waals surface area contributed by atoms with E-state index in [4.69, 9.17) is 21.9 Å². The van der Waals surface area contributed by atoms with Crippen molar-refractivity contribution >= 4 is 23.7 Å². The fraction of sp³-hybridized carbons (Fsp3) is 0.231. The summed E-state index contributed by atoms with van der Waals surface area (Å²) in [5, 5.41) is 0. The van der Waals surface area contributed by atoms with Crippen molar-refractivity contribution in [3.05, 3.63) is 29.8 Å². The molecule has 0 spiro atoms. The van der Waals surface area contributed by atoms with E-state index < -0.39 is 0 Å². The Labute approximate surface area is 111 Å². The van der Waals surface area contributed by atoms with E-state index in [-0.39, 0.29) is 17.5 Å². The number of ether oxygens (including phenoxy) is 1. The number of fused-ring (bicyclic) bond motifs is 1. The van der Waals surface area contributed by atoms with Gasteiger partial charge in [-0.15, -0.1) is 0 Å². The summed E-state index contributed by atoms with van der Waals surface area (Å²) in [6, 6.07) is 5.50. The molecule has 0 atom stereocenters. The average molecular weight is 259 g/mol. The normalized spacial score (nSPS) is 16.4. The van der Waals surface area contributed by atoms with Gasteiger partial charge in [-0.1, -0.05) is 6.08 Å². The van der Waals surface area contributed by atoms with Crippen molar-refractivity contribution in [1.29, 1.82) is 0 Å². The van der Waals surface area contributed by atoms with Crippen molar-refractivity contribution in [3.63, 3.8) is 0 Å². The first-order chi connectivity index (χ1) is 8.85. The van der Waals surface area contributed by atoms with Crippen molar-refractivity contribution in [2.24, 2.45) is 27.2 Å². The molecule has 6 nitrogen and oxygen atoms in total. The summed E-state index contributed by atoms with van der Waals surface area (Å²) in [7, 11) is 0. The highest BCUT2D eigenvalue weighted by Gasteiger charge is 2.21.